The zero-order chi connectivity index (χ0) is 77.4. The number of unbranched alkanes of at least 4 members (excludes halogenated alkanes) is 57. The molecule has 0 aromatic carbocycles. The van der Waals surface area contributed by atoms with Gasteiger partial charge < -0.3 is 33.8 Å². The topological polar surface area (TPSA) is 237 Å². The fourth-order valence-corrected chi connectivity index (χ4v) is 14.7. The molecular formula is C87H166O17P2. The largest absolute Gasteiger partial charge is 0.472 e. The number of phosphoric acid groups is 2. The van der Waals surface area contributed by atoms with Crippen molar-refractivity contribution in [2.24, 2.45) is 0 Å². The van der Waals surface area contributed by atoms with Crippen LogP contribution in [0.25, 0.3) is 0 Å². The third-order valence-corrected chi connectivity index (χ3v) is 21.9. The molecule has 3 N–H and O–H groups in total. The quantitative estimate of drug-likeness (QED) is 0.0169. The van der Waals surface area contributed by atoms with Gasteiger partial charge in [-0.05, 0) is 51.4 Å². The van der Waals surface area contributed by atoms with Crippen molar-refractivity contribution in [1.82, 2.24) is 0 Å². The van der Waals surface area contributed by atoms with Gasteiger partial charge in [0.2, 0.25) is 0 Å². The lowest BCUT2D eigenvalue weighted by Gasteiger charge is -2.21. The summed E-state index contributed by atoms with van der Waals surface area (Å²) in [5.41, 5.74) is 0. The van der Waals surface area contributed by atoms with E-state index in [9.17, 15) is 43.2 Å². The van der Waals surface area contributed by atoms with Gasteiger partial charge >= 0.3 is 39.5 Å². The Labute approximate surface area is 650 Å². The number of rotatable bonds is 86. The molecule has 626 valence electrons. The van der Waals surface area contributed by atoms with Gasteiger partial charge in [-0.3, -0.25) is 37.3 Å². The fourth-order valence-electron chi connectivity index (χ4n) is 13.2. The summed E-state index contributed by atoms with van der Waals surface area (Å²) in [5, 5.41) is 10.7. The molecule has 0 aliphatic carbocycles. The van der Waals surface area contributed by atoms with Crippen LogP contribution in [0.3, 0.4) is 0 Å². The summed E-state index contributed by atoms with van der Waals surface area (Å²) in [6.07, 6.45) is 78.5. The zero-order valence-electron chi connectivity index (χ0n) is 68.9. The van der Waals surface area contributed by atoms with Crippen LogP contribution in [0.5, 0.6) is 0 Å². The normalized spacial score (nSPS) is 13.8. The number of phosphoric ester groups is 2. The van der Waals surface area contributed by atoms with E-state index in [4.69, 9.17) is 37.0 Å². The third-order valence-electron chi connectivity index (χ3n) is 20.0. The molecule has 0 bridgehead atoms. The monoisotopic (exact) mass is 1550 g/mol. The highest BCUT2D eigenvalue weighted by molar-refractivity contribution is 7.47. The Bertz CT molecular complexity index is 2090. The van der Waals surface area contributed by atoms with E-state index in [1.165, 1.54) is 270 Å². The lowest BCUT2D eigenvalue weighted by Crippen LogP contribution is -2.30. The predicted molar refractivity (Wildman–Crippen MR) is 437 cm³/mol. The molecule has 0 heterocycles. The van der Waals surface area contributed by atoms with Crippen LogP contribution in [0.4, 0.5) is 0 Å². The van der Waals surface area contributed by atoms with E-state index in [0.717, 1.165) is 103 Å². The second-order valence-corrected chi connectivity index (χ2v) is 33.5. The second kappa shape index (κ2) is 80.6. The summed E-state index contributed by atoms with van der Waals surface area (Å²) in [5.74, 6) is -2.13. The molecule has 0 rings (SSSR count). The van der Waals surface area contributed by atoms with Crippen LogP contribution in [0.15, 0.2) is 24.3 Å². The number of ether oxygens (including phenoxy) is 4. The highest BCUT2D eigenvalue weighted by Crippen LogP contribution is 2.45. The molecule has 5 atom stereocenters. The van der Waals surface area contributed by atoms with Crippen LogP contribution >= 0.6 is 15.6 Å². The van der Waals surface area contributed by atoms with Crippen molar-refractivity contribution in [1.29, 1.82) is 0 Å². The number of aliphatic hydroxyl groups excluding tert-OH is 1. The van der Waals surface area contributed by atoms with Gasteiger partial charge in [0.05, 0.1) is 26.4 Å². The van der Waals surface area contributed by atoms with Crippen molar-refractivity contribution in [3.63, 3.8) is 0 Å². The molecule has 0 aromatic heterocycles. The molecule has 0 saturated heterocycles. The lowest BCUT2D eigenvalue weighted by molar-refractivity contribution is -0.161. The van der Waals surface area contributed by atoms with Crippen molar-refractivity contribution in [2.45, 2.75) is 470 Å². The minimum absolute atomic E-state index is 0.0861. The molecule has 0 radical (unpaired) electrons. The van der Waals surface area contributed by atoms with Crippen molar-refractivity contribution in [3.05, 3.63) is 24.3 Å². The predicted octanol–water partition coefficient (Wildman–Crippen LogP) is 26.5. The van der Waals surface area contributed by atoms with Crippen LogP contribution in [-0.2, 0) is 65.4 Å². The van der Waals surface area contributed by atoms with E-state index < -0.39 is 97.5 Å². The number of carbonyl (C=O) groups is 4. The Morgan fingerprint density at radius 1 is 0.264 bits per heavy atom. The van der Waals surface area contributed by atoms with E-state index in [0.29, 0.717) is 25.7 Å². The first-order valence-corrected chi connectivity index (χ1v) is 47.6. The van der Waals surface area contributed by atoms with E-state index >= 15 is 0 Å². The third kappa shape index (κ3) is 79.6. The average molecular weight is 1550 g/mol. The van der Waals surface area contributed by atoms with E-state index in [2.05, 4.69) is 52.0 Å². The van der Waals surface area contributed by atoms with Crippen LogP contribution in [0.1, 0.15) is 451 Å². The van der Waals surface area contributed by atoms with Crippen molar-refractivity contribution >= 4 is 39.5 Å². The Balaban J connectivity index is 5.27. The van der Waals surface area contributed by atoms with Gasteiger partial charge in [-0.15, -0.1) is 0 Å². The molecule has 0 aliphatic rings. The number of hydrogen-bond acceptors (Lipinski definition) is 15. The molecular weight excluding hydrogens is 1380 g/mol. The molecule has 0 fully saturated rings. The van der Waals surface area contributed by atoms with Crippen molar-refractivity contribution < 1.29 is 80.2 Å². The van der Waals surface area contributed by atoms with Crippen LogP contribution in [-0.4, -0.2) is 96.7 Å². The molecule has 2 unspecified atom stereocenters. The zero-order valence-corrected chi connectivity index (χ0v) is 70.7. The highest BCUT2D eigenvalue weighted by Gasteiger charge is 2.30. The number of allylic oxidation sites excluding steroid dienone is 4. The average Bonchev–Trinajstić information content (AvgIpc) is 0.901. The first-order chi connectivity index (χ1) is 51.7. The van der Waals surface area contributed by atoms with Crippen LogP contribution in [0.2, 0.25) is 0 Å². The Morgan fingerprint density at radius 3 is 0.689 bits per heavy atom. The summed E-state index contributed by atoms with van der Waals surface area (Å²) in [4.78, 5) is 73.2. The highest BCUT2D eigenvalue weighted by atomic mass is 31.2. The van der Waals surface area contributed by atoms with Gasteiger partial charge in [0, 0.05) is 25.7 Å². The van der Waals surface area contributed by atoms with Crippen LogP contribution < -0.4 is 0 Å². The van der Waals surface area contributed by atoms with Crippen molar-refractivity contribution in [3.8, 4) is 0 Å². The lowest BCUT2D eigenvalue weighted by atomic mass is 10.0. The van der Waals surface area contributed by atoms with Gasteiger partial charge in [0.15, 0.2) is 12.2 Å². The Morgan fingerprint density at radius 2 is 0.453 bits per heavy atom. The number of hydrogen-bond donors (Lipinski definition) is 3. The molecule has 0 saturated carbocycles. The summed E-state index contributed by atoms with van der Waals surface area (Å²) in [7, 11) is -9.94. The van der Waals surface area contributed by atoms with Gasteiger partial charge in [0.25, 0.3) is 0 Å². The molecule has 106 heavy (non-hydrogen) atoms. The Hall–Kier alpha value is -2.46. The van der Waals surface area contributed by atoms with Gasteiger partial charge in [0.1, 0.15) is 19.3 Å². The standard InChI is InChI=1S/C87H166O17P2/c1-5-9-13-17-21-25-29-33-36-38-40-42-44-47-50-54-58-62-66-70-74-87(92)104-83(78-98-85(90)72-68-64-60-56-52-48-46-43-41-39-37-34-30-26-22-18-14-10-6-2)80-102-106(95,96)100-76-81(88)75-99-105(93,94)101-79-82(77-97-84(89)71-67-63-59-55-51-32-28-24-20-16-12-8-4)103-86(91)73-69-65-61-57-53-49-45-35-31-27-23-19-15-11-7-3/h27,31,35,45,81-83,88H,5-26,28-30,32-34,36-44,46-80H2,1-4H3,(H,93,94)(H,95,96)/b31-27-,45-35-/t81-,82+,83+/m0/s1. The van der Waals surface area contributed by atoms with Gasteiger partial charge in [-0.25, -0.2) is 9.13 Å². The molecule has 0 spiro atoms. The van der Waals surface area contributed by atoms with Gasteiger partial charge in [-0.1, -0.05) is 399 Å². The SMILES string of the molecule is CCCCCC/C=C\C=C/CCCCCCCC(=O)O[C@H](COC(=O)CCCCCCCCCCCCCC)COP(=O)(O)OC[C@H](O)COP(=O)(O)OC[C@@H](COC(=O)CCCCCCCCCCCCCCCCCCCCC)OC(=O)CCCCCCCCCCCCCCCCCCCCCC. The smallest absolute Gasteiger partial charge is 0.462 e. The Kier molecular flexibility index (Phi) is 78.7. The maximum absolute atomic E-state index is 13.2. The van der Waals surface area contributed by atoms with Crippen molar-refractivity contribution in [2.75, 3.05) is 39.6 Å². The molecule has 0 aliphatic heterocycles. The maximum Gasteiger partial charge on any atom is 0.472 e. The summed E-state index contributed by atoms with van der Waals surface area (Å²) < 4.78 is 68.9. The molecule has 0 aromatic rings. The van der Waals surface area contributed by atoms with Crippen LogP contribution in [0, 0.1) is 0 Å². The molecule has 19 heteroatoms. The minimum atomic E-state index is -4.97. The number of carbonyl (C=O) groups excluding carboxylic acids is 4. The summed E-state index contributed by atoms with van der Waals surface area (Å²) in [6.45, 7) is 5.00. The van der Waals surface area contributed by atoms with E-state index in [1.54, 1.807) is 0 Å². The first kappa shape index (κ1) is 104. The fraction of sp³-hybridized carbons (Fsp3) is 0.908. The number of esters is 4. The van der Waals surface area contributed by atoms with E-state index in [1.807, 2.05) is 0 Å². The van der Waals surface area contributed by atoms with Gasteiger partial charge in [-0.2, -0.15) is 0 Å². The van der Waals surface area contributed by atoms with E-state index in [-0.39, 0.29) is 25.7 Å². The maximum atomic E-state index is 13.2. The second-order valence-electron chi connectivity index (χ2n) is 30.6. The minimum Gasteiger partial charge on any atom is -0.462 e. The summed E-state index contributed by atoms with van der Waals surface area (Å²) >= 11 is 0. The summed E-state index contributed by atoms with van der Waals surface area (Å²) in [6, 6.07) is 0. The molecule has 17 nitrogen and oxygen atoms in total. The number of aliphatic hydroxyl groups is 1. The first-order valence-electron chi connectivity index (χ1n) is 44.6. The molecule has 0 amide bonds.